The number of hydrogen-bond donors (Lipinski definition) is 1. The van der Waals surface area contributed by atoms with Crippen LogP contribution in [0.2, 0.25) is 0 Å². The van der Waals surface area contributed by atoms with E-state index in [2.05, 4.69) is 17.5 Å². The first kappa shape index (κ1) is 27.1. The van der Waals surface area contributed by atoms with Gasteiger partial charge < -0.3 is 10.1 Å². The number of rotatable bonds is 6. The SMILES string of the molecule is CSc1cc(-c2ccc(C[C@@H](C#N)NC(=O)[C@@H]3CCCCN3C(=O)OC(C)(C)C)cc2)ccc1C#N. The molecule has 0 saturated carbocycles. The highest BCUT2D eigenvalue weighted by Gasteiger charge is 2.35. The molecule has 1 aliphatic heterocycles. The summed E-state index contributed by atoms with van der Waals surface area (Å²) in [5, 5.41) is 21.8. The normalized spacial score (nSPS) is 16.4. The molecule has 7 nitrogen and oxygen atoms in total. The second-order valence-corrected chi connectivity index (χ2v) is 10.7. The molecule has 2 aromatic rings. The van der Waals surface area contributed by atoms with Crippen molar-refractivity contribution in [1.29, 1.82) is 10.5 Å². The van der Waals surface area contributed by atoms with E-state index < -0.39 is 23.8 Å². The maximum absolute atomic E-state index is 13.1. The summed E-state index contributed by atoms with van der Waals surface area (Å²) in [5.74, 6) is -0.328. The Balaban J connectivity index is 1.66. The third kappa shape index (κ3) is 7.02. The maximum atomic E-state index is 13.1. The van der Waals surface area contributed by atoms with Gasteiger partial charge in [0.1, 0.15) is 23.8 Å². The Labute approximate surface area is 217 Å². The number of amides is 2. The Bertz CT molecular complexity index is 1180. The van der Waals surface area contributed by atoms with Crippen molar-refractivity contribution in [2.75, 3.05) is 12.8 Å². The van der Waals surface area contributed by atoms with Crippen LogP contribution in [0, 0.1) is 22.7 Å². The standard InChI is InChI=1S/C28H32N4O3S/c1-28(2,3)35-27(34)32-14-6-5-7-24(32)26(33)31-23(18-30)15-19-8-10-20(11-9-19)21-12-13-22(17-29)25(16-21)36-4/h8-13,16,23-24H,5-7,14-15H2,1-4H3,(H,31,33)/t23-,24-/m0/s1. The molecule has 0 unspecified atom stereocenters. The van der Waals surface area contributed by atoms with E-state index in [0.717, 1.165) is 34.4 Å². The molecule has 8 heteroatoms. The number of hydrogen-bond acceptors (Lipinski definition) is 6. The molecule has 1 aliphatic rings. The Morgan fingerprint density at radius 2 is 1.83 bits per heavy atom. The van der Waals surface area contributed by atoms with Gasteiger partial charge in [-0.15, -0.1) is 11.8 Å². The van der Waals surface area contributed by atoms with Crippen molar-refractivity contribution >= 4 is 23.8 Å². The molecule has 2 amide bonds. The molecule has 0 radical (unpaired) electrons. The maximum Gasteiger partial charge on any atom is 0.410 e. The highest BCUT2D eigenvalue weighted by molar-refractivity contribution is 7.98. The topological polar surface area (TPSA) is 106 Å². The average molecular weight is 505 g/mol. The van der Waals surface area contributed by atoms with Gasteiger partial charge in [-0.1, -0.05) is 30.3 Å². The highest BCUT2D eigenvalue weighted by Crippen LogP contribution is 2.28. The molecule has 2 atom stereocenters. The van der Waals surface area contributed by atoms with Gasteiger partial charge in [0.25, 0.3) is 0 Å². The van der Waals surface area contributed by atoms with E-state index in [1.54, 1.807) is 20.8 Å². The van der Waals surface area contributed by atoms with E-state index in [4.69, 9.17) is 4.74 Å². The molecule has 2 aromatic carbocycles. The van der Waals surface area contributed by atoms with E-state index in [1.807, 2.05) is 48.7 Å². The van der Waals surface area contributed by atoms with E-state index in [0.29, 0.717) is 24.9 Å². The predicted octanol–water partition coefficient (Wildman–Crippen LogP) is 5.29. The number of likely N-dealkylation sites (tertiary alicyclic amines) is 1. The van der Waals surface area contributed by atoms with E-state index in [9.17, 15) is 20.1 Å². The molecule has 1 heterocycles. The molecule has 1 fully saturated rings. The quantitative estimate of drug-likeness (QED) is 0.536. The van der Waals surface area contributed by atoms with Crippen LogP contribution in [0.15, 0.2) is 47.4 Å². The number of ether oxygens (including phenoxy) is 1. The lowest BCUT2D eigenvalue weighted by Crippen LogP contribution is -2.54. The summed E-state index contributed by atoms with van der Waals surface area (Å²) < 4.78 is 5.48. The first-order chi connectivity index (χ1) is 17.1. The Hall–Kier alpha value is -3.49. The van der Waals surface area contributed by atoms with Gasteiger partial charge in [0, 0.05) is 17.9 Å². The van der Waals surface area contributed by atoms with Crippen LogP contribution in [0.1, 0.15) is 51.2 Å². The van der Waals surface area contributed by atoms with Crippen LogP contribution in [0.25, 0.3) is 11.1 Å². The minimum atomic E-state index is -0.719. The molecule has 0 bridgehead atoms. The van der Waals surface area contributed by atoms with Crippen LogP contribution in [0.5, 0.6) is 0 Å². The summed E-state index contributed by atoms with van der Waals surface area (Å²) in [6.45, 7) is 5.84. The number of nitriles is 2. The molecule has 188 valence electrons. The number of nitrogens with zero attached hydrogens (tertiary/aromatic N) is 3. The third-order valence-corrected chi connectivity index (χ3v) is 6.73. The summed E-state index contributed by atoms with van der Waals surface area (Å²) in [5.41, 5.74) is 2.93. The third-order valence-electron chi connectivity index (χ3n) is 5.95. The Morgan fingerprint density at radius 3 is 2.44 bits per heavy atom. The van der Waals surface area contributed by atoms with Crippen molar-refractivity contribution in [2.45, 2.75) is 69.0 Å². The van der Waals surface area contributed by atoms with Gasteiger partial charge in [-0.25, -0.2) is 4.79 Å². The summed E-state index contributed by atoms with van der Waals surface area (Å²) >= 11 is 1.53. The minimum absolute atomic E-state index is 0.328. The fraction of sp³-hybridized carbons (Fsp3) is 0.429. The summed E-state index contributed by atoms with van der Waals surface area (Å²) in [6, 6.07) is 16.6. The summed E-state index contributed by atoms with van der Waals surface area (Å²) in [7, 11) is 0. The van der Waals surface area contributed by atoms with Crippen LogP contribution in [-0.4, -0.2) is 47.4 Å². The number of carbonyl (C=O) groups is 2. The van der Waals surface area contributed by atoms with Gasteiger partial charge in [0.2, 0.25) is 5.91 Å². The fourth-order valence-corrected chi connectivity index (χ4v) is 4.75. The number of carbonyl (C=O) groups excluding carboxylic acids is 2. The molecule has 0 aliphatic carbocycles. The molecule has 0 aromatic heterocycles. The largest absolute Gasteiger partial charge is 0.444 e. The number of nitrogens with one attached hydrogen (secondary N) is 1. The van der Waals surface area contributed by atoms with Crippen molar-refractivity contribution in [3.05, 3.63) is 53.6 Å². The smallest absolute Gasteiger partial charge is 0.410 e. The van der Waals surface area contributed by atoms with Crippen molar-refractivity contribution < 1.29 is 14.3 Å². The fourth-order valence-electron chi connectivity index (χ4n) is 4.17. The van der Waals surface area contributed by atoms with Gasteiger partial charge >= 0.3 is 6.09 Å². The number of piperidine rings is 1. The van der Waals surface area contributed by atoms with Gasteiger partial charge in [0.15, 0.2) is 0 Å². The van der Waals surface area contributed by atoms with Crippen LogP contribution in [0.3, 0.4) is 0 Å². The van der Waals surface area contributed by atoms with Crippen LogP contribution in [0.4, 0.5) is 4.79 Å². The van der Waals surface area contributed by atoms with Crippen molar-refractivity contribution in [2.24, 2.45) is 0 Å². The first-order valence-corrected chi connectivity index (χ1v) is 13.2. The molecule has 0 spiro atoms. The first-order valence-electron chi connectivity index (χ1n) is 12.0. The van der Waals surface area contributed by atoms with Crippen molar-refractivity contribution in [3.63, 3.8) is 0 Å². The highest BCUT2D eigenvalue weighted by atomic mass is 32.2. The second-order valence-electron chi connectivity index (χ2n) is 9.80. The monoisotopic (exact) mass is 504 g/mol. The van der Waals surface area contributed by atoms with Gasteiger partial charge in [0.05, 0.1) is 11.6 Å². The van der Waals surface area contributed by atoms with Crippen LogP contribution >= 0.6 is 11.8 Å². The minimum Gasteiger partial charge on any atom is -0.444 e. The van der Waals surface area contributed by atoms with E-state index in [-0.39, 0.29) is 5.91 Å². The zero-order valence-electron chi connectivity index (χ0n) is 21.2. The summed E-state index contributed by atoms with van der Waals surface area (Å²) in [4.78, 5) is 28.1. The Kier molecular flexibility index (Phi) is 9.01. The second kappa shape index (κ2) is 12.0. The molecule has 36 heavy (non-hydrogen) atoms. The predicted molar refractivity (Wildman–Crippen MR) is 140 cm³/mol. The lowest BCUT2D eigenvalue weighted by Gasteiger charge is -2.36. The van der Waals surface area contributed by atoms with Gasteiger partial charge in [-0.2, -0.15) is 10.5 Å². The zero-order chi connectivity index (χ0) is 26.3. The number of thioether (sulfide) groups is 1. The molecular weight excluding hydrogens is 472 g/mol. The number of benzene rings is 2. The van der Waals surface area contributed by atoms with E-state index >= 15 is 0 Å². The van der Waals surface area contributed by atoms with E-state index in [1.165, 1.54) is 16.7 Å². The molecule has 1 saturated heterocycles. The van der Waals surface area contributed by atoms with Crippen molar-refractivity contribution in [3.8, 4) is 23.3 Å². The summed E-state index contributed by atoms with van der Waals surface area (Å²) in [6.07, 6.45) is 3.99. The Morgan fingerprint density at radius 1 is 1.14 bits per heavy atom. The lowest BCUT2D eigenvalue weighted by molar-refractivity contribution is -0.128. The average Bonchev–Trinajstić information content (AvgIpc) is 2.87. The molecular formula is C28H32N4O3S. The van der Waals surface area contributed by atoms with Crippen molar-refractivity contribution in [1.82, 2.24) is 10.2 Å². The van der Waals surface area contributed by atoms with Gasteiger partial charge in [-0.05, 0) is 75.1 Å². The lowest BCUT2D eigenvalue weighted by atomic mass is 9.99. The van der Waals surface area contributed by atoms with Crippen LogP contribution in [-0.2, 0) is 16.0 Å². The molecule has 3 rings (SSSR count). The van der Waals surface area contributed by atoms with Gasteiger partial charge in [-0.3, -0.25) is 9.69 Å². The van der Waals surface area contributed by atoms with Crippen LogP contribution < -0.4 is 5.32 Å². The zero-order valence-corrected chi connectivity index (χ0v) is 22.0. The molecule has 1 N–H and O–H groups in total.